The molecule has 0 N–H and O–H groups in total. The molecule has 5 nitrogen and oxygen atoms in total. The van der Waals surface area contributed by atoms with Gasteiger partial charge in [-0.15, -0.1) is 0 Å². The van der Waals surface area contributed by atoms with E-state index in [0.717, 1.165) is 24.8 Å². The summed E-state index contributed by atoms with van der Waals surface area (Å²) in [6.45, 7) is 3.80. The van der Waals surface area contributed by atoms with Gasteiger partial charge in [0.1, 0.15) is 5.76 Å². The summed E-state index contributed by atoms with van der Waals surface area (Å²) in [6, 6.07) is 0. The first-order chi connectivity index (χ1) is 10.9. The molecule has 0 aliphatic heterocycles. The van der Waals surface area contributed by atoms with E-state index in [2.05, 4.69) is 0 Å². The maximum absolute atomic E-state index is 13.1. The lowest BCUT2D eigenvalue weighted by molar-refractivity contribution is 0.0483. The maximum Gasteiger partial charge on any atom is 0.374 e. The van der Waals surface area contributed by atoms with Crippen molar-refractivity contribution < 1.29 is 18.7 Å². The minimum Gasteiger partial charge on any atom is -0.460 e. The average Bonchev–Trinajstić information content (AvgIpc) is 2.77. The quantitative estimate of drug-likeness (QED) is 0.633. The molecule has 2 aliphatic rings. The van der Waals surface area contributed by atoms with Crippen LogP contribution in [0, 0.1) is 12.3 Å². The van der Waals surface area contributed by atoms with E-state index in [1.54, 1.807) is 13.8 Å². The molecule has 0 radical (unpaired) electrons. The number of hydrogen-bond donors (Lipinski definition) is 0. The number of esters is 1. The molecule has 1 aromatic rings. The Labute approximate surface area is 136 Å². The Kier molecular flexibility index (Phi) is 3.82. The Morgan fingerprint density at radius 1 is 1.39 bits per heavy atom. The molecular formula is C18H23NO4. The fourth-order valence-electron chi connectivity index (χ4n) is 3.67. The summed E-state index contributed by atoms with van der Waals surface area (Å²) >= 11 is 0. The molecule has 0 aromatic carbocycles. The third-order valence-electron chi connectivity index (χ3n) is 4.92. The zero-order chi connectivity index (χ0) is 16.8. The van der Waals surface area contributed by atoms with Crippen LogP contribution in [0.4, 0.5) is 0 Å². The Bertz CT molecular complexity index is 692. The second-order valence-electron chi connectivity index (χ2n) is 6.72. The predicted molar refractivity (Wildman–Crippen MR) is 85.5 cm³/mol. The van der Waals surface area contributed by atoms with E-state index in [0.29, 0.717) is 23.3 Å². The van der Waals surface area contributed by atoms with Crippen LogP contribution in [0.25, 0.3) is 0 Å². The molecule has 0 bridgehead atoms. The monoisotopic (exact) mass is 317 g/mol. The van der Waals surface area contributed by atoms with Crippen LogP contribution in [0.5, 0.6) is 0 Å². The number of allylic oxidation sites excluding steroid dienone is 1. The fourth-order valence-corrected chi connectivity index (χ4v) is 3.67. The molecule has 1 saturated carbocycles. The summed E-state index contributed by atoms with van der Waals surface area (Å²) in [7, 11) is 3.85. The zero-order valence-corrected chi connectivity index (χ0v) is 14.2. The Morgan fingerprint density at radius 3 is 2.61 bits per heavy atom. The number of nitrogens with zero attached hydrogens (tertiary/aromatic N) is 1. The maximum atomic E-state index is 13.1. The largest absolute Gasteiger partial charge is 0.460 e. The van der Waals surface area contributed by atoms with Crippen LogP contribution in [0.2, 0.25) is 0 Å². The van der Waals surface area contributed by atoms with Gasteiger partial charge in [0.15, 0.2) is 5.78 Å². The number of carbonyl (C=O) groups excluding carboxylic acids is 2. The summed E-state index contributed by atoms with van der Waals surface area (Å²) in [4.78, 5) is 27.0. The third kappa shape index (κ3) is 2.38. The number of ether oxygens (including phenoxy) is 1. The number of fused-ring (bicyclic) bond motifs is 1. The number of rotatable bonds is 3. The van der Waals surface area contributed by atoms with E-state index in [1.165, 1.54) is 0 Å². The second kappa shape index (κ2) is 5.55. The SMILES string of the molecule is CCOC(=O)c1oc2c(c1C)C(=O)/C(=C/N(C)C)C1(CCC1)C2. The lowest BCUT2D eigenvalue weighted by Crippen LogP contribution is -2.41. The van der Waals surface area contributed by atoms with Crippen LogP contribution in [0.15, 0.2) is 16.2 Å². The Balaban J connectivity index is 2.09. The topological polar surface area (TPSA) is 59.8 Å². The first-order valence-corrected chi connectivity index (χ1v) is 8.12. The lowest BCUT2D eigenvalue weighted by Gasteiger charge is -2.45. The third-order valence-corrected chi connectivity index (χ3v) is 4.92. The highest BCUT2D eigenvalue weighted by Gasteiger charge is 2.50. The molecule has 0 atom stereocenters. The highest BCUT2D eigenvalue weighted by atomic mass is 16.5. The highest BCUT2D eigenvalue weighted by molar-refractivity contribution is 6.13. The molecule has 23 heavy (non-hydrogen) atoms. The normalized spacial score (nSPS) is 20.3. The minimum atomic E-state index is -0.493. The van der Waals surface area contributed by atoms with E-state index < -0.39 is 5.97 Å². The molecule has 3 rings (SSSR count). The van der Waals surface area contributed by atoms with Crippen LogP contribution in [0.1, 0.15) is 58.4 Å². The second-order valence-corrected chi connectivity index (χ2v) is 6.72. The van der Waals surface area contributed by atoms with Gasteiger partial charge in [-0.3, -0.25) is 4.79 Å². The molecule has 124 valence electrons. The molecule has 2 aliphatic carbocycles. The van der Waals surface area contributed by atoms with Gasteiger partial charge in [0.2, 0.25) is 5.76 Å². The highest BCUT2D eigenvalue weighted by Crippen LogP contribution is 2.54. The van der Waals surface area contributed by atoms with Crippen molar-refractivity contribution in [2.24, 2.45) is 5.41 Å². The van der Waals surface area contributed by atoms with Crippen molar-refractivity contribution >= 4 is 11.8 Å². The van der Waals surface area contributed by atoms with E-state index in [9.17, 15) is 9.59 Å². The van der Waals surface area contributed by atoms with Gasteiger partial charge in [0.25, 0.3) is 0 Å². The van der Waals surface area contributed by atoms with Gasteiger partial charge in [-0.1, -0.05) is 6.42 Å². The molecule has 5 heteroatoms. The molecule has 0 amide bonds. The van der Waals surface area contributed by atoms with E-state index >= 15 is 0 Å². The van der Waals surface area contributed by atoms with Crippen molar-refractivity contribution in [2.75, 3.05) is 20.7 Å². The molecule has 1 aromatic heterocycles. The average molecular weight is 317 g/mol. The van der Waals surface area contributed by atoms with Gasteiger partial charge < -0.3 is 14.1 Å². The fraction of sp³-hybridized carbons (Fsp3) is 0.556. The number of furan rings is 1. The summed E-state index contributed by atoms with van der Waals surface area (Å²) in [6.07, 6.45) is 5.73. The van der Waals surface area contributed by atoms with Crippen LogP contribution in [-0.2, 0) is 11.2 Å². The van der Waals surface area contributed by atoms with E-state index in [1.807, 2.05) is 25.2 Å². The van der Waals surface area contributed by atoms with Crippen LogP contribution >= 0.6 is 0 Å². The lowest BCUT2D eigenvalue weighted by atomic mass is 9.58. The van der Waals surface area contributed by atoms with Crippen LogP contribution < -0.4 is 0 Å². The first kappa shape index (κ1) is 15.8. The predicted octanol–water partition coefficient (Wildman–Crippen LogP) is 3.12. The molecule has 0 saturated heterocycles. The molecular weight excluding hydrogens is 294 g/mol. The van der Waals surface area contributed by atoms with Crippen molar-refractivity contribution in [2.45, 2.75) is 39.5 Å². The van der Waals surface area contributed by atoms with Gasteiger partial charge in [0.05, 0.1) is 12.2 Å². The van der Waals surface area contributed by atoms with E-state index in [-0.39, 0.29) is 23.6 Å². The zero-order valence-electron chi connectivity index (χ0n) is 14.2. The molecule has 1 fully saturated rings. The summed E-state index contributed by atoms with van der Waals surface area (Å²) < 4.78 is 10.8. The van der Waals surface area contributed by atoms with Crippen LogP contribution in [0.3, 0.4) is 0 Å². The van der Waals surface area contributed by atoms with Crippen molar-refractivity contribution in [3.8, 4) is 0 Å². The van der Waals surface area contributed by atoms with Crippen molar-refractivity contribution in [3.63, 3.8) is 0 Å². The van der Waals surface area contributed by atoms with Crippen LogP contribution in [-0.4, -0.2) is 37.4 Å². The van der Waals surface area contributed by atoms with Gasteiger partial charge >= 0.3 is 5.97 Å². The summed E-state index contributed by atoms with van der Waals surface area (Å²) in [5.41, 5.74) is 1.88. The number of Topliss-reactive ketones (excluding diaryl/α,β-unsaturated/α-hetero) is 1. The van der Waals surface area contributed by atoms with Crippen molar-refractivity contribution in [1.29, 1.82) is 0 Å². The molecule has 0 unspecified atom stereocenters. The number of hydrogen-bond acceptors (Lipinski definition) is 5. The van der Waals surface area contributed by atoms with Gasteiger partial charge in [0, 0.05) is 43.3 Å². The number of ketones is 1. The van der Waals surface area contributed by atoms with Crippen molar-refractivity contribution in [1.82, 2.24) is 4.90 Å². The minimum absolute atomic E-state index is 0.00329. The van der Waals surface area contributed by atoms with E-state index in [4.69, 9.17) is 9.15 Å². The standard InChI is InChI=1S/C18H23NO4/c1-5-22-17(21)16-11(2)14-13(23-16)9-18(7-6-8-18)12(15(14)20)10-19(3)4/h10H,5-9H2,1-4H3/b12-10-. The summed E-state index contributed by atoms with van der Waals surface area (Å²) in [5, 5.41) is 0. The Hall–Kier alpha value is -2.04. The number of carbonyl (C=O) groups is 2. The Morgan fingerprint density at radius 2 is 2.09 bits per heavy atom. The first-order valence-electron chi connectivity index (χ1n) is 8.12. The molecule has 1 spiro atoms. The van der Waals surface area contributed by atoms with Gasteiger partial charge in [-0.2, -0.15) is 0 Å². The molecule has 1 heterocycles. The summed E-state index contributed by atoms with van der Waals surface area (Å²) in [5.74, 6) is 0.321. The van der Waals surface area contributed by atoms with Gasteiger partial charge in [-0.05, 0) is 26.7 Å². The van der Waals surface area contributed by atoms with Gasteiger partial charge in [-0.25, -0.2) is 4.79 Å². The van der Waals surface area contributed by atoms with Crippen molar-refractivity contribution in [3.05, 3.63) is 34.4 Å². The smallest absolute Gasteiger partial charge is 0.374 e.